The lowest BCUT2D eigenvalue weighted by Crippen LogP contribution is -1.97. The molecule has 1 nitrogen and oxygen atoms in total. The standard InChI is InChI=1S/C13H22OS/c1-11(14)6-4-2-3-5-7-12-8-9-13(15)10-12/h5,7,11-12,14H,2-4,6,8-10H2,1H3/b7-5+/t11-,12+/m1/s1. The van der Waals surface area contributed by atoms with Crippen molar-refractivity contribution in [2.45, 2.75) is 58.0 Å². The Morgan fingerprint density at radius 2 is 2.33 bits per heavy atom. The molecule has 0 saturated heterocycles. The molecule has 0 aromatic carbocycles. The molecule has 0 radical (unpaired) electrons. The number of rotatable bonds is 6. The summed E-state index contributed by atoms with van der Waals surface area (Å²) in [4.78, 5) is 1.25. The third-order valence-corrected chi connectivity index (χ3v) is 3.31. The normalized spacial score (nSPS) is 23.9. The summed E-state index contributed by atoms with van der Waals surface area (Å²) in [5, 5.41) is 9.08. The lowest BCUT2D eigenvalue weighted by atomic mass is 10.1. The van der Waals surface area contributed by atoms with E-state index in [2.05, 4.69) is 12.2 Å². The van der Waals surface area contributed by atoms with E-state index in [0.29, 0.717) is 5.92 Å². The van der Waals surface area contributed by atoms with E-state index in [1.54, 1.807) is 0 Å². The van der Waals surface area contributed by atoms with Gasteiger partial charge in [-0.25, -0.2) is 0 Å². The summed E-state index contributed by atoms with van der Waals surface area (Å²) in [6.07, 6.45) is 12.4. The SMILES string of the molecule is C[C@@H](O)CCCC/C=C/[C@H]1CCC(=S)C1. The summed E-state index contributed by atoms with van der Waals surface area (Å²) in [6, 6.07) is 0. The van der Waals surface area contributed by atoms with Crippen molar-refractivity contribution >= 4 is 17.1 Å². The molecular weight excluding hydrogens is 204 g/mol. The first-order valence-corrected chi connectivity index (χ1v) is 6.45. The molecular formula is C13H22OS. The topological polar surface area (TPSA) is 20.2 Å². The van der Waals surface area contributed by atoms with Crippen molar-refractivity contribution in [2.75, 3.05) is 0 Å². The monoisotopic (exact) mass is 226 g/mol. The van der Waals surface area contributed by atoms with Gasteiger partial charge in [0.2, 0.25) is 0 Å². The number of thiocarbonyl (C=S) groups is 1. The highest BCUT2D eigenvalue weighted by Crippen LogP contribution is 2.24. The van der Waals surface area contributed by atoms with Gasteiger partial charge in [-0.3, -0.25) is 0 Å². The molecule has 1 aliphatic rings. The van der Waals surface area contributed by atoms with Gasteiger partial charge in [0, 0.05) is 0 Å². The van der Waals surface area contributed by atoms with Crippen molar-refractivity contribution < 1.29 is 5.11 Å². The molecule has 0 unspecified atom stereocenters. The average Bonchev–Trinajstić information content (AvgIpc) is 2.57. The Kier molecular flexibility index (Phi) is 6.11. The fraction of sp³-hybridized carbons (Fsp3) is 0.769. The highest BCUT2D eigenvalue weighted by atomic mass is 32.1. The molecule has 0 aromatic heterocycles. The van der Waals surface area contributed by atoms with Gasteiger partial charge in [-0.1, -0.05) is 30.8 Å². The van der Waals surface area contributed by atoms with Crippen molar-refractivity contribution in [1.82, 2.24) is 0 Å². The molecule has 2 heteroatoms. The summed E-state index contributed by atoms with van der Waals surface area (Å²) in [7, 11) is 0. The summed E-state index contributed by atoms with van der Waals surface area (Å²) in [6.45, 7) is 1.86. The molecule has 1 rings (SSSR count). The molecule has 15 heavy (non-hydrogen) atoms. The van der Waals surface area contributed by atoms with Gasteiger partial charge in [0.05, 0.1) is 6.10 Å². The Bertz CT molecular complexity index is 221. The zero-order valence-corrected chi connectivity index (χ0v) is 10.4. The van der Waals surface area contributed by atoms with Gasteiger partial charge in [0.25, 0.3) is 0 Å². The largest absolute Gasteiger partial charge is 0.393 e. The minimum Gasteiger partial charge on any atom is -0.393 e. The zero-order chi connectivity index (χ0) is 11.1. The molecule has 0 bridgehead atoms. The molecule has 0 aromatic rings. The maximum Gasteiger partial charge on any atom is 0.0512 e. The fourth-order valence-corrected chi connectivity index (χ4v) is 2.33. The highest BCUT2D eigenvalue weighted by Gasteiger charge is 2.15. The summed E-state index contributed by atoms with van der Waals surface area (Å²) in [5.74, 6) is 0.717. The second kappa shape index (κ2) is 7.13. The van der Waals surface area contributed by atoms with E-state index in [1.807, 2.05) is 6.92 Å². The first kappa shape index (κ1) is 12.9. The second-order valence-electron chi connectivity index (χ2n) is 4.60. The second-order valence-corrected chi connectivity index (χ2v) is 5.18. The molecule has 1 saturated carbocycles. The smallest absolute Gasteiger partial charge is 0.0512 e. The van der Waals surface area contributed by atoms with Gasteiger partial charge < -0.3 is 5.11 Å². The van der Waals surface area contributed by atoms with Crippen molar-refractivity contribution in [3.63, 3.8) is 0 Å². The maximum absolute atomic E-state index is 9.08. The van der Waals surface area contributed by atoms with Gasteiger partial charge in [-0.2, -0.15) is 0 Å². The highest BCUT2D eigenvalue weighted by molar-refractivity contribution is 7.80. The Balaban J connectivity index is 1.99. The number of aliphatic hydroxyl groups excluding tert-OH is 1. The lowest BCUT2D eigenvalue weighted by molar-refractivity contribution is 0.181. The molecule has 0 aliphatic heterocycles. The summed E-state index contributed by atoms with van der Waals surface area (Å²) in [5.41, 5.74) is 0. The van der Waals surface area contributed by atoms with Crippen LogP contribution in [0.5, 0.6) is 0 Å². The minimum atomic E-state index is -0.138. The van der Waals surface area contributed by atoms with Crippen molar-refractivity contribution in [2.24, 2.45) is 5.92 Å². The number of hydrogen-bond acceptors (Lipinski definition) is 2. The van der Waals surface area contributed by atoms with Crippen LogP contribution in [0.4, 0.5) is 0 Å². The van der Waals surface area contributed by atoms with Crippen LogP contribution in [0, 0.1) is 5.92 Å². The van der Waals surface area contributed by atoms with E-state index in [0.717, 1.165) is 32.1 Å². The molecule has 2 atom stereocenters. The van der Waals surface area contributed by atoms with Gasteiger partial charge in [0.1, 0.15) is 0 Å². The summed E-state index contributed by atoms with van der Waals surface area (Å²) < 4.78 is 0. The van der Waals surface area contributed by atoms with E-state index in [1.165, 1.54) is 17.7 Å². The fourth-order valence-electron chi connectivity index (χ4n) is 2.00. The average molecular weight is 226 g/mol. The summed E-state index contributed by atoms with van der Waals surface area (Å²) >= 11 is 5.18. The van der Waals surface area contributed by atoms with Crippen LogP contribution >= 0.6 is 12.2 Å². The Hall–Kier alpha value is -0.210. The predicted octanol–water partition coefficient (Wildman–Crippen LogP) is 3.65. The number of unbranched alkanes of at least 4 members (excludes halogenated alkanes) is 2. The molecule has 1 aliphatic carbocycles. The van der Waals surface area contributed by atoms with Gasteiger partial charge in [-0.15, -0.1) is 0 Å². The Labute approximate surface area is 98.6 Å². The van der Waals surface area contributed by atoms with Crippen molar-refractivity contribution in [3.8, 4) is 0 Å². The van der Waals surface area contributed by atoms with Crippen molar-refractivity contribution in [1.29, 1.82) is 0 Å². The number of aliphatic hydroxyl groups is 1. The van der Waals surface area contributed by atoms with E-state index in [-0.39, 0.29) is 6.10 Å². The van der Waals surface area contributed by atoms with Crippen molar-refractivity contribution in [3.05, 3.63) is 12.2 Å². The molecule has 0 spiro atoms. The quantitative estimate of drug-likeness (QED) is 0.424. The van der Waals surface area contributed by atoms with E-state index >= 15 is 0 Å². The van der Waals surface area contributed by atoms with Crippen LogP contribution in [-0.2, 0) is 0 Å². The third-order valence-electron chi connectivity index (χ3n) is 2.93. The van der Waals surface area contributed by atoms with Gasteiger partial charge in [0.15, 0.2) is 0 Å². The van der Waals surface area contributed by atoms with Gasteiger partial charge >= 0.3 is 0 Å². The van der Waals surface area contributed by atoms with E-state index < -0.39 is 0 Å². The lowest BCUT2D eigenvalue weighted by Gasteiger charge is -2.02. The van der Waals surface area contributed by atoms with Crippen LogP contribution < -0.4 is 0 Å². The molecule has 0 heterocycles. The molecule has 86 valence electrons. The first-order chi connectivity index (χ1) is 7.18. The number of hydrogen-bond donors (Lipinski definition) is 1. The van der Waals surface area contributed by atoms with E-state index in [4.69, 9.17) is 17.3 Å². The minimum absolute atomic E-state index is 0.138. The van der Waals surface area contributed by atoms with Gasteiger partial charge in [-0.05, 0) is 56.2 Å². The van der Waals surface area contributed by atoms with Crippen LogP contribution in [0.15, 0.2) is 12.2 Å². The maximum atomic E-state index is 9.08. The zero-order valence-electron chi connectivity index (χ0n) is 9.61. The Morgan fingerprint density at radius 3 is 2.93 bits per heavy atom. The molecule has 0 amide bonds. The number of allylic oxidation sites excluding steroid dienone is 2. The Morgan fingerprint density at radius 1 is 1.53 bits per heavy atom. The van der Waals surface area contributed by atoms with Crippen LogP contribution in [-0.4, -0.2) is 16.1 Å². The molecule has 1 N–H and O–H groups in total. The first-order valence-electron chi connectivity index (χ1n) is 6.05. The van der Waals surface area contributed by atoms with Crippen LogP contribution in [0.25, 0.3) is 0 Å². The van der Waals surface area contributed by atoms with Crippen LogP contribution in [0.3, 0.4) is 0 Å². The van der Waals surface area contributed by atoms with Crippen LogP contribution in [0.1, 0.15) is 51.9 Å². The third kappa shape index (κ3) is 6.06. The molecule has 1 fully saturated rings. The van der Waals surface area contributed by atoms with E-state index in [9.17, 15) is 0 Å². The predicted molar refractivity (Wildman–Crippen MR) is 69.2 cm³/mol. The van der Waals surface area contributed by atoms with Crippen LogP contribution in [0.2, 0.25) is 0 Å².